The zero-order valence-corrected chi connectivity index (χ0v) is 25.2. The summed E-state index contributed by atoms with van der Waals surface area (Å²) in [5.41, 5.74) is 0.821. The predicted octanol–water partition coefficient (Wildman–Crippen LogP) is 6.30. The summed E-state index contributed by atoms with van der Waals surface area (Å²) in [6.45, 7) is 16.2. The van der Waals surface area contributed by atoms with E-state index >= 15 is 0 Å². The molecule has 1 atom stereocenters. The van der Waals surface area contributed by atoms with Crippen molar-refractivity contribution >= 4 is 17.6 Å². The van der Waals surface area contributed by atoms with Crippen LogP contribution in [0.25, 0.3) is 0 Å². The lowest BCUT2D eigenvalue weighted by Gasteiger charge is -2.39. The average Bonchev–Trinajstić information content (AvgIpc) is 3.19. The number of methoxy groups -OCH3 is 1. The smallest absolute Gasteiger partial charge is 0.413 e. The highest BCUT2D eigenvalue weighted by molar-refractivity contribution is 6.11. The molecule has 4 rings (SSSR count). The fourth-order valence-electron chi connectivity index (χ4n) is 5.48. The predicted molar refractivity (Wildman–Crippen MR) is 155 cm³/mol. The van der Waals surface area contributed by atoms with Gasteiger partial charge in [-0.05, 0) is 83.2 Å². The molecule has 0 spiro atoms. The summed E-state index contributed by atoms with van der Waals surface area (Å²) in [6, 6.07) is 12.6. The summed E-state index contributed by atoms with van der Waals surface area (Å²) in [6.07, 6.45) is 1.87. The third-order valence-electron chi connectivity index (χ3n) is 7.40. The fourth-order valence-corrected chi connectivity index (χ4v) is 5.48. The van der Waals surface area contributed by atoms with Crippen LogP contribution in [-0.4, -0.2) is 67.6 Å². The zero-order chi connectivity index (χ0) is 29.3. The quantitative estimate of drug-likeness (QED) is 0.373. The first kappa shape index (κ1) is 29.7. The highest BCUT2D eigenvalue weighted by Crippen LogP contribution is 2.35. The van der Waals surface area contributed by atoms with Gasteiger partial charge in [-0.1, -0.05) is 26.0 Å². The summed E-state index contributed by atoms with van der Waals surface area (Å²) in [5.74, 6) is 0.934. The molecule has 40 heavy (non-hydrogen) atoms. The maximum atomic E-state index is 13.7. The van der Waals surface area contributed by atoms with Gasteiger partial charge < -0.3 is 23.8 Å². The lowest BCUT2D eigenvalue weighted by atomic mass is 9.84. The Morgan fingerprint density at radius 2 is 1.82 bits per heavy atom. The molecule has 0 bridgehead atoms. The van der Waals surface area contributed by atoms with Crippen molar-refractivity contribution in [1.82, 2.24) is 4.90 Å². The van der Waals surface area contributed by atoms with E-state index in [-0.39, 0.29) is 23.8 Å². The van der Waals surface area contributed by atoms with Crippen LogP contribution < -0.4 is 14.4 Å². The van der Waals surface area contributed by atoms with Gasteiger partial charge in [0.15, 0.2) is 5.78 Å². The van der Waals surface area contributed by atoms with Crippen LogP contribution in [0.3, 0.4) is 0 Å². The first-order valence-electron chi connectivity index (χ1n) is 14.1. The number of anilines is 1. The Hall–Kier alpha value is -3.26. The summed E-state index contributed by atoms with van der Waals surface area (Å²) in [7, 11) is 1.58. The molecule has 0 N–H and O–H groups in total. The Morgan fingerprint density at radius 3 is 2.50 bits per heavy atom. The largest absolute Gasteiger partial charge is 0.496 e. The number of piperidine rings is 1. The molecule has 2 aromatic rings. The van der Waals surface area contributed by atoms with Crippen molar-refractivity contribution in [3.63, 3.8) is 0 Å². The van der Waals surface area contributed by atoms with Crippen molar-refractivity contribution in [3.8, 4) is 11.5 Å². The number of hydrogen-bond acceptors (Lipinski definition) is 7. The summed E-state index contributed by atoms with van der Waals surface area (Å²) in [5, 5.41) is 0. The second-order valence-corrected chi connectivity index (χ2v) is 13.0. The van der Waals surface area contributed by atoms with E-state index in [9.17, 15) is 9.59 Å². The second-order valence-electron chi connectivity index (χ2n) is 13.0. The number of nitrogens with zero attached hydrogens (tertiary/aromatic N) is 2. The minimum absolute atomic E-state index is 0.138. The number of carbonyl (C=O) groups excluding carboxylic acids is 2. The van der Waals surface area contributed by atoms with Crippen molar-refractivity contribution in [2.45, 2.75) is 78.7 Å². The normalized spacial score (nSPS) is 20.2. The molecule has 0 saturated carbocycles. The highest BCUT2D eigenvalue weighted by Gasteiger charge is 2.46. The summed E-state index contributed by atoms with van der Waals surface area (Å²) < 4.78 is 23.2. The van der Waals surface area contributed by atoms with Crippen LogP contribution in [0, 0.1) is 5.41 Å². The Morgan fingerprint density at radius 1 is 1.07 bits per heavy atom. The summed E-state index contributed by atoms with van der Waals surface area (Å²) in [4.78, 5) is 30.6. The maximum Gasteiger partial charge on any atom is 0.413 e. The van der Waals surface area contributed by atoms with Gasteiger partial charge in [-0.3, -0.25) is 9.69 Å². The van der Waals surface area contributed by atoms with E-state index in [1.807, 2.05) is 52.8 Å². The molecule has 1 amide bonds. The molecule has 218 valence electrons. The minimum Gasteiger partial charge on any atom is -0.496 e. The third-order valence-corrected chi connectivity index (χ3v) is 7.40. The number of ketones is 1. The Balaban J connectivity index is 1.51. The van der Waals surface area contributed by atoms with Gasteiger partial charge >= 0.3 is 6.09 Å². The van der Waals surface area contributed by atoms with Gasteiger partial charge in [-0.2, -0.15) is 0 Å². The van der Waals surface area contributed by atoms with Crippen molar-refractivity contribution < 1.29 is 28.5 Å². The molecule has 2 aliphatic heterocycles. The average molecular weight is 553 g/mol. The third kappa shape index (κ3) is 6.89. The molecule has 2 fully saturated rings. The molecule has 0 aliphatic carbocycles. The van der Waals surface area contributed by atoms with Gasteiger partial charge in [-0.25, -0.2) is 4.79 Å². The molecule has 2 saturated heterocycles. The van der Waals surface area contributed by atoms with Crippen LogP contribution in [0.1, 0.15) is 77.2 Å². The molecule has 2 aliphatic rings. The Bertz CT molecular complexity index is 1230. The van der Waals surface area contributed by atoms with Crippen molar-refractivity contribution in [3.05, 3.63) is 53.6 Å². The van der Waals surface area contributed by atoms with Crippen molar-refractivity contribution in [2.24, 2.45) is 5.41 Å². The first-order valence-corrected chi connectivity index (χ1v) is 14.1. The monoisotopic (exact) mass is 552 g/mol. The van der Waals surface area contributed by atoms with Gasteiger partial charge in [0.05, 0.1) is 25.3 Å². The molecule has 8 nitrogen and oxygen atoms in total. The van der Waals surface area contributed by atoms with Crippen LogP contribution in [0.15, 0.2) is 42.5 Å². The summed E-state index contributed by atoms with van der Waals surface area (Å²) >= 11 is 0. The van der Waals surface area contributed by atoms with Crippen LogP contribution in [0.2, 0.25) is 0 Å². The fraction of sp³-hybridized carbons (Fsp3) is 0.562. The van der Waals surface area contributed by atoms with E-state index < -0.39 is 17.4 Å². The van der Waals surface area contributed by atoms with Crippen LogP contribution >= 0.6 is 0 Å². The second kappa shape index (κ2) is 11.3. The van der Waals surface area contributed by atoms with E-state index in [1.165, 1.54) is 6.42 Å². The number of hydrogen-bond donors (Lipinski definition) is 0. The van der Waals surface area contributed by atoms with Gasteiger partial charge in [0.2, 0.25) is 0 Å². The Kier molecular flexibility index (Phi) is 8.41. The zero-order valence-electron chi connectivity index (χ0n) is 25.2. The minimum atomic E-state index is -0.820. The Labute approximate surface area is 238 Å². The molecule has 0 unspecified atom stereocenters. The van der Waals surface area contributed by atoms with Gasteiger partial charge in [0.1, 0.15) is 29.4 Å². The van der Waals surface area contributed by atoms with Crippen LogP contribution in [0.5, 0.6) is 11.5 Å². The molecular formula is C32H44N2O6. The number of rotatable bonds is 7. The van der Waals surface area contributed by atoms with E-state index in [0.717, 1.165) is 25.2 Å². The van der Waals surface area contributed by atoms with Crippen molar-refractivity contribution in [2.75, 3.05) is 38.3 Å². The molecule has 8 heteroatoms. The lowest BCUT2D eigenvalue weighted by molar-refractivity contribution is -0.0637. The first-order chi connectivity index (χ1) is 18.7. The van der Waals surface area contributed by atoms with E-state index in [1.54, 1.807) is 36.3 Å². The molecule has 0 aromatic heterocycles. The number of carbonyl (C=O) groups is 2. The van der Waals surface area contributed by atoms with E-state index in [2.05, 4.69) is 18.7 Å². The highest BCUT2D eigenvalue weighted by atomic mass is 16.6. The van der Waals surface area contributed by atoms with Gasteiger partial charge in [0.25, 0.3) is 0 Å². The standard InChI is InChI=1S/C32H44N2O6/c1-30(2,3)40-29(36)34-24(20-39-32(34,6)7)19-38-25-12-9-11-22(17-25)28(35)26-18-23(13-14-27(26)37-8)33-16-10-15-31(4,5)21-33/h9,11-14,17-18,24H,10,15-16,19-21H2,1-8H3/t24-/m0/s1. The molecule has 2 aromatic carbocycles. The molecular weight excluding hydrogens is 508 g/mol. The maximum absolute atomic E-state index is 13.7. The SMILES string of the molecule is COc1ccc(N2CCCC(C)(C)C2)cc1C(=O)c1cccc(OC[C@H]2COC(C)(C)N2C(=O)OC(C)(C)C)c1. The topological polar surface area (TPSA) is 77.5 Å². The van der Waals surface area contributed by atoms with E-state index in [4.69, 9.17) is 18.9 Å². The van der Waals surface area contributed by atoms with Crippen LogP contribution in [-0.2, 0) is 9.47 Å². The molecule has 0 radical (unpaired) electrons. The van der Waals surface area contributed by atoms with Crippen molar-refractivity contribution in [1.29, 1.82) is 0 Å². The number of ether oxygens (including phenoxy) is 4. The number of benzene rings is 2. The van der Waals surface area contributed by atoms with E-state index in [0.29, 0.717) is 29.2 Å². The van der Waals surface area contributed by atoms with Crippen LogP contribution in [0.4, 0.5) is 10.5 Å². The number of amides is 1. The molecule has 2 heterocycles. The van der Waals surface area contributed by atoms with Gasteiger partial charge in [-0.15, -0.1) is 0 Å². The van der Waals surface area contributed by atoms with Gasteiger partial charge in [0, 0.05) is 24.3 Å². The lowest BCUT2D eigenvalue weighted by Crippen LogP contribution is -2.51.